The molecule has 1 aliphatic rings. The Morgan fingerprint density at radius 3 is 2.65 bits per heavy atom. The van der Waals surface area contributed by atoms with Gasteiger partial charge in [0.05, 0.1) is 6.17 Å². The average molecular weight is 268 g/mol. The molecule has 1 saturated heterocycles. The van der Waals surface area contributed by atoms with Crippen LogP contribution < -0.4 is 16.2 Å². The Morgan fingerprint density at radius 2 is 1.90 bits per heavy atom. The van der Waals surface area contributed by atoms with Gasteiger partial charge < -0.3 is 5.32 Å². The van der Waals surface area contributed by atoms with Crippen LogP contribution in [0.5, 0.6) is 0 Å². The molecule has 5 nitrogen and oxygen atoms in total. The third-order valence-electron chi connectivity index (χ3n) is 3.31. The molecule has 0 saturated carbocycles. The third kappa shape index (κ3) is 2.84. The second-order valence-corrected chi connectivity index (χ2v) is 4.73. The molecular formula is C15H16N4O. The summed E-state index contributed by atoms with van der Waals surface area (Å²) in [6, 6.07) is 15.6. The summed E-state index contributed by atoms with van der Waals surface area (Å²) in [5, 5.41) is 2.92. The minimum atomic E-state index is -0.168. The molecule has 0 radical (unpaired) electrons. The van der Waals surface area contributed by atoms with Gasteiger partial charge in [0.1, 0.15) is 5.69 Å². The molecule has 2 unspecified atom stereocenters. The lowest BCUT2D eigenvalue weighted by Crippen LogP contribution is -2.44. The van der Waals surface area contributed by atoms with E-state index in [1.54, 1.807) is 24.4 Å². The van der Waals surface area contributed by atoms with Crippen molar-refractivity contribution in [1.82, 2.24) is 21.2 Å². The molecule has 1 aliphatic heterocycles. The van der Waals surface area contributed by atoms with Crippen molar-refractivity contribution < 1.29 is 4.79 Å². The Labute approximate surface area is 117 Å². The van der Waals surface area contributed by atoms with E-state index in [2.05, 4.69) is 33.3 Å². The van der Waals surface area contributed by atoms with Gasteiger partial charge >= 0.3 is 0 Å². The number of nitrogens with zero attached hydrogens (tertiary/aromatic N) is 1. The van der Waals surface area contributed by atoms with Crippen molar-refractivity contribution in [1.29, 1.82) is 0 Å². The van der Waals surface area contributed by atoms with Gasteiger partial charge in [0, 0.05) is 18.7 Å². The SMILES string of the molecule is O=C(NC1CC(c2ccccc2)NN1)c1ccccn1. The fourth-order valence-corrected chi connectivity index (χ4v) is 2.28. The van der Waals surface area contributed by atoms with Crippen LogP contribution in [0, 0.1) is 0 Å². The molecule has 20 heavy (non-hydrogen) atoms. The van der Waals surface area contributed by atoms with Crippen LogP contribution in [-0.2, 0) is 0 Å². The first-order chi connectivity index (χ1) is 9.83. The summed E-state index contributed by atoms with van der Waals surface area (Å²) in [5.41, 5.74) is 7.92. The van der Waals surface area contributed by atoms with Gasteiger partial charge in [-0.15, -0.1) is 0 Å². The molecule has 1 fully saturated rings. The van der Waals surface area contributed by atoms with E-state index in [1.807, 2.05) is 18.2 Å². The number of hydrazine groups is 1. The van der Waals surface area contributed by atoms with Gasteiger partial charge in [-0.05, 0) is 17.7 Å². The van der Waals surface area contributed by atoms with Gasteiger partial charge in [-0.2, -0.15) is 0 Å². The van der Waals surface area contributed by atoms with E-state index in [1.165, 1.54) is 5.56 Å². The molecule has 1 aromatic heterocycles. The van der Waals surface area contributed by atoms with Gasteiger partial charge in [0.15, 0.2) is 0 Å². The quantitative estimate of drug-likeness (QED) is 0.786. The van der Waals surface area contributed by atoms with E-state index < -0.39 is 0 Å². The number of amides is 1. The summed E-state index contributed by atoms with van der Waals surface area (Å²) in [6.45, 7) is 0. The third-order valence-corrected chi connectivity index (χ3v) is 3.31. The summed E-state index contributed by atoms with van der Waals surface area (Å²) in [7, 11) is 0. The van der Waals surface area contributed by atoms with Crippen LogP contribution in [0.4, 0.5) is 0 Å². The van der Waals surface area contributed by atoms with Crippen molar-refractivity contribution in [3.05, 3.63) is 66.0 Å². The average Bonchev–Trinajstić information content (AvgIpc) is 2.97. The molecular weight excluding hydrogens is 252 g/mol. The Kier molecular flexibility index (Phi) is 3.71. The maximum Gasteiger partial charge on any atom is 0.271 e. The smallest absolute Gasteiger partial charge is 0.271 e. The van der Waals surface area contributed by atoms with Crippen LogP contribution >= 0.6 is 0 Å². The monoisotopic (exact) mass is 268 g/mol. The second-order valence-electron chi connectivity index (χ2n) is 4.73. The number of aromatic nitrogens is 1. The molecule has 0 bridgehead atoms. The van der Waals surface area contributed by atoms with Gasteiger partial charge in [-0.3, -0.25) is 9.78 Å². The molecule has 102 valence electrons. The van der Waals surface area contributed by atoms with Gasteiger partial charge in [-0.25, -0.2) is 10.9 Å². The number of pyridine rings is 1. The second kappa shape index (κ2) is 5.81. The first kappa shape index (κ1) is 12.8. The van der Waals surface area contributed by atoms with Gasteiger partial charge in [0.2, 0.25) is 0 Å². The van der Waals surface area contributed by atoms with Crippen molar-refractivity contribution in [3.8, 4) is 0 Å². The van der Waals surface area contributed by atoms with E-state index in [-0.39, 0.29) is 18.1 Å². The first-order valence-corrected chi connectivity index (χ1v) is 6.61. The Bertz CT molecular complexity index is 573. The van der Waals surface area contributed by atoms with Crippen molar-refractivity contribution in [2.45, 2.75) is 18.6 Å². The highest BCUT2D eigenvalue weighted by Crippen LogP contribution is 2.20. The lowest BCUT2D eigenvalue weighted by molar-refractivity contribution is 0.0927. The molecule has 0 spiro atoms. The van der Waals surface area contributed by atoms with Crippen LogP contribution in [0.15, 0.2) is 54.7 Å². The molecule has 2 heterocycles. The lowest BCUT2D eigenvalue weighted by Gasteiger charge is -2.11. The minimum Gasteiger partial charge on any atom is -0.334 e. The number of carbonyl (C=O) groups excluding carboxylic acids is 1. The summed E-state index contributed by atoms with van der Waals surface area (Å²) in [5.74, 6) is -0.168. The minimum absolute atomic E-state index is 0.102. The Hall–Kier alpha value is -2.24. The van der Waals surface area contributed by atoms with Crippen molar-refractivity contribution in [2.24, 2.45) is 0 Å². The van der Waals surface area contributed by atoms with E-state index in [0.29, 0.717) is 5.69 Å². The summed E-state index contributed by atoms with van der Waals surface area (Å²) < 4.78 is 0. The van der Waals surface area contributed by atoms with Crippen LogP contribution in [-0.4, -0.2) is 17.1 Å². The first-order valence-electron chi connectivity index (χ1n) is 6.61. The number of rotatable bonds is 3. The highest BCUT2D eigenvalue weighted by Gasteiger charge is 2.26. The van der Waals surface area contributed by atoms with Crippen LogP contribution in [0.1, 0.15) is 28.5 Å². The fourth-order valence-electron chi connectivity index (χ4n) is 2.28. The van der Waals surface area contributed by atoms with E-state index in [0.717, 1.165) is 6.42 Å². The van der Waals surface area contributed by atoms with Gasteiger partial charge in [-0.1, -0.05) is 36.4 Å². The zero-order valence-corrected chi connectivity index (χ0v) is 10.9. The maximum atomic E-state index is 12.0. The highest BCUT2D eigenvalue weighted by atomic mass is 16.2. The Balaban J connectivity index is 1.60. The molecule has 1 aromatic carbocycles. The summed E-state index contributed by atoms with van der Waals surface area (Å²) >= 11 is 0. The highest BCUT2D eigenvalue weighted by molar-refractivity contribution is 5.92. The number of nitrogens with one attached hydrogen (secondary N) is 3. The predicted octanol–water partition coefficient (Wildman–Crippen LogP) is 1.38. The van der Waals surface area contributed by atoms with Crippen LogP contribution in [0.25, 0.3) is 0 Å². The molecule has 2 atom stereocenters. The van der Waals surface area contributed by atoms with Crippen molar-refractivity contribution in [3.63, 3.8) is 0 Å². The predicted molar refractivity (Wildman–Crippen MR) is 75.6 cm³/mol. The number of hydrogen-bond acceptors (Lipinski definition) is 4. The molecule has 3 N–H and O–H groups in total. The standard InChI is InChI=1S/C15H16N4O/c20-15(12-8-4-5-9-16-12)17-14-10-13(18-19-14)11-6-2-1-3-7-11/h1-9,13-14,18-19H,10H2,(H,17,20). The van der Waals surface area contributed by atoms with Crippen molar-refractivity contribution >= 4 is 5.91 Å². The number of hydrogen-bond donors (Lipinski definition) is 3. The zero-order valence-electron chi connectivity index (χ0n) is 10.9. The normalized spacial score (nSPS) is 21.6. The lowest BCUT2D eigenvalue weighted by atomic mass is 10.0. The Morgan fingerprint density at radius 1 is 1.10 bits per heavy atom. The summed E-state index contributed by atoms with van der Waals surface area (Å²) in [4.78, 5) is 16.0. The van der Waals surface area contributed by atoms with Crippen LogP contribution in [0.3, 0.4) is 0 Å². The summed E-state index contributed by atoms with van der Waals surface area (Å²) in [6.07, 6.45) is 2.31. The van der Waals surface area contributed by atoms with E-state index in [4.69, 9.17) is 0 Å². The van der Waals surface area contributed by atoms with Crippen LogP contribution in [0.2, 0.25) is 0 Å². The van der Waals surface area contributed by atoms with E-state index in [9.17, 15) is 4.79 Å². The molecule has 3 rings (SSSR count). The maximum absolute atomic E-state index is 12.0. The van der Waals surface area contributed by atoms with E-state index >= 15 is 0 Å². The number of carbonyl (C=O) groups is 1. The molecule has 5 heteroatoms. The largest absolute Gasteiger partial charge is 0.334 e. The molecule has 2 aromatic rings. The topological polar surface area (TPSA) is 66.1 Å². The molecule has 0 aliphatic carbocycles. The zero-order chi connectivity index (χ0) is 13.8. The van der Waals surface area contributed by atoms with Crippen molar-refractivity contribution in [2.75, 3.05) is 0 Å². The fraction of sp³-hybridized carbons (Fsp3) is 0.200. The molecule has 1 amide bonds. The van der Waals surface area contributed by atoms with Gasteiger partial charge in [0.25, 0.3) is 5.91 Å². The number of benzene rings is 1.